The third-order valence-corrected chi connectivity index (χ3v) is 3.78. The molecule has 0 radical (unpaired) electrons. The average molecular weight is 408 g/mol. The van der Waals surface area contributed by atoms with E-state index < -0.39 is 36.5 Å². The first-order chi connectivity index (χ1) is 12.3. The van der Waals surface area contributed by atoms with Crippen LogP contribution in [0.5, 0.6) is 0 Å². The van der Waals surface area contributed by atoms with E-state index in [-0.39, 0.29) is 25.7 Å². The van der Waals surface area contributed by atoms with Crippen molar-refractivity contribution < 1.29 is 45.4 Å². The lowest BCUT2D eigenvalue weighted by atomic mass is 10.0. The Bertz CT molecular complexity index is 408. The average Bonchev–Trinajstić information content (AvgIpc) is 2.48. The molecule has 0 N–H and O–H groups in total. The van der Waals surface area contributed by atoms with Crippen LogP contribution in [0.25, 0.3) is 0 Å². The van der Waals surface area contributed by atoms with Gasteiger partial charge in [-0.3, -0.25) is 9.59 Å². The number of unbranched alkanes of at least 4 members (excludes halogenated alkanes) is 6. The zero-order valence-electron chi connectivity index (χ0n) is 15.4. The number of hydrogen-bond acceptors (Lipinski definition) is 4. The summed E-state index contributed by atoms with van der Waals surface area (Å²) in [6.07, 6.45) is -10.6. The van der Waals surface area contributed by atoms with E-state index in [1.807, 2.05) is 0 Å². The van der Waals surface area contributed by atoms with Gasteiger partial charge in [-0.2, -0.15) is 26.3 Å². The maximum atomic E-state index is 12.6. The minimum Gasteiger partial charge on any atom is -0.453 e. The second kappa shape index (κ2) is 12.1. The van der Waals surface area contributed by atoms with Gasteiger partial charge in [-0.25, -0.2) is 0 Å². The van der Waals surface area contributed by atoms with E-state index in [1.54, 1.807) is 0 Å². The zero-order valence-corrected chi connectivity index (χ0v) is 15.4. The highest BCUT2D eigenvalue weighted by atomic mass is 19.4. The first-order valence-electron chi connectivity index (χ1n) is 8.82. The molecular weight excluding hydrogens is 382 g/mol. The predicted octanol–water partition coefficient (Wildman–Crippen LogP) is 5.49. The van der Waals surface area contributed by atoms with Crippen LogP contribution in [-0.2, 0) is 19.1 Å². The fourth-order valence-corrected chi connectivity index (χ4v) is 2.52. The molecule has 0 aromatic rings. The van der Waals surface area contributed by atoms with Crippen LogP contribution in [0.4, 0.5) is 26.3 Å². The van der Waals surface area contributed by atoms with Crippen LogP contribution in [-0.4, -0.2) is 36.5 Å². The Morgan fingerprint density at radius 2 is 0.889 bits per heavy atom. The second-order valence-corrected chi connectivity index (χ2v) is 6.33. The third-order valence-electron chi connectivity index (χ3n) is 3.78. The van der Waals surface area contributed by atoms with Crippen LogP contribution >= 0.6 is 0 Å². The number of carbonyl (C=O) groups is 2. The van der Waals surface area contributed by atoms with Crippen LogP contribution in [0.1, 0.15) is 71.6 Å². The predicted molar refractivity (Wildman–Crippen MR) is 84.8 cm³/mol. The van der Waals surface area contributed by atoms with Crippen molar-refractivity contribution in [1.82, 2.24) is 0 Å². The van der Waals surface area contributed by atoms with Gasteiger partial charge in [0.05, 0.1) is 0 Å². The lowest BCUT2D eigenvalue weighted by molar-refractivity contribution is -0.221. The third kappa shape index (κ3) is 13.4. The first kappa shape index (κ1) is 25.5. The van der Waals surface area contributed by atoms with Crippen LogP contribution in [0.2, 0.25) is 0 Å². The Labute approximate surface area is 154 Å². The zero-order chi connectivity index (χ0) is 21.1. The molecule has 0 aliphatic carbocycles. The van der Waals surface area contributed by atoms with Crippen molar-refractivity contribution >= 4 is 11.9 Å². The van der Waals surface area contributed by atoms with Gasteiger partial charge in [-0.05, 0) is 25.7 Å². The number of rotatable bonds is 12. The van der Waals surface area contributed by atoms with Crippen LogP contribution in [0.3, 0.4) is 0 Å². The maximum Gasteiger partial charge on any atom is 0.425 e. The second-order valence-electron chi connectivity index (χ2n) is 6.33. The van der Waals surface area contributed by atoms with Crippen LogP contribution in [0.15, 0.2) is 0 Å². The van der Waals surface area contributed by atoms with Gasteiger partial charge < -0.3 is 9.47 Å². The molecule has 0 aliphatic rings. The number of ether oxygens (including phenoxy) is 2. The largest absolute Gasteiger partial charge is 0.453 e. The lowest BCUT2D eigenvalue weighted by Gasteiger charge is -2.20. The molecule has 160 valence electrons. The van der Waals surface area contributed by atoms with Gasteiger partial charge >= 0.3 is 24.3 Å². The molecule has 0 unspecified atom stereocenters. The number of esters is 2. The van der Waals surface area contributed by atoms with Crippen molar-refractivity contribution in [2.75, 3.05) is 0 Å². The van der Waals surface area contributed by atoms with E-state index in [2.05, 4.69) is 9.47 Å². The number of hydrogen-bond donors (Lipinski definition) is 0. The molecule has 0 saturated carbocycles. The Hall–Kier alpha value is -1.48. The summed E-state index contributed by atoms with van der Waals surface area (Å²) in [6.45, 7) is 1.84. The number of carbonyl (C=O) groups excluding carboxylic acids is 2. The van der Waals surface area contributed by atoms with Gasteiger partial charge in [0, 0.05) is 13.8 Å². The molecule has 0 aromatic heterocycles. The molecule has 10 heteroatoms. The maximum absolute atomic E-state index is 12.6. The van der Waals surface area contributed by atoms with Gasteiger partial charge in [0.15, 0.2) is 12.2 Å². The van der Waals surface area contributed by atoms with Crippen molar-refractivity contribution in [2.45, 2.75) is 96.2 Å². The molecule has 2 atom stereocenters. The molecule has 0 spiro atoms. The van der Waals surface area contributed by atoms with Gasteiger partial charge in [0.2, 0.25) is 0 Å². The van der Waals surface area contributed by atoms with Crippen molar-refractivity contribution in [1.29, 1.82) is 0 Å². The normalized spacial score (nSPS) is 14.5. The smallest absolute Gasteiger partial charge is 0.425 e. The van der Waals surface area contributed by atoms with E-state index in [0.717, 1.165) is 13.8 Å². The lowest BCUT2D eigenvalue weighted by Crippen LogP contribution is -2.33. The molecule has 0 saturated heterocycles. The molecule has 0 aliphatic heterocycles. The Balaban J connectivity index is 3.88. The molecule has 4 nitrogen and oxygen atoms in total. The molecule has 0 rings (SSSR count). The highest BCUT2D eigenvalue weighted by molar-refractivity contribution is 5.66. The minimum absolute atomic E-state index is 0.236. The molecule has 0 amide bonds. The van der Waals surface area contributed by atoms with Gasteiger partial charge in [-0.15, -0.1) is 0 Å². The van der Waals surface area contributed by atoms with Gasteiger partial charge in [0.25, 0.3) is 0 Å². The highest BCUT2D eigenvalue weighted by Gasteiger charge is 2.42. The Morgan fingerprint density at radius 1 is 0.630 bits per heavy atom. The Kier molecular flexibility index (Phi) is 11.4. The topological polar surface area (TPSA) is 52.6 Å². The first-order valence-corrected chi connectivity index (χ1v) is 8.82. The quantitative estimate of drug-likeness (QED) is 0.244. The van der Waals surface area contributed by atoms with Crippen LogP contribution in [0, 0.1) is 0 Å². The van der Waals surface area contributed by atoms with Crippen molar-refractivity contribution in [3.63, 3.8) is 0 Å². The standard InChI is InChI=1S/C17H26F6O4/c1-12(24)26-14(16(18,19)20)10-8-6-4-3-5-7-9-11-15(17(21,22)23)27-13(2)25/h14-15H,3-11H2,1-2H3/t14-,15-/m1/s1. The Morgan fingerprint density at radius 3 is 1.11 bits per heavy atom. The van der Waals surface area contributed by atoms with E-state index in [4.69, 9.17) is 0 Å². The molecule has 0 aromatic carbocycles. The van der Waals surface area contributed by atoms with Gasteiger partial charge in [0.1, 0.15) is 0 Å². The summed E-state index contributed by atoms with van der Waals surface area (Å²) in [5.41, 5.74) is 0. The summed E-state index contributed by atoms with van der Waals surface area (Å²) >= 11 is 0. The summed E-state index contributed by atoms with van der Waals surface area (Å²) in [6, 6.07) is 0. The molecule has 0 fully saturated rings. The van der Waals surface area contributed by atoms with Crippen molar-refractivity contribution in [2.24, 2.45) is 0 Å². The van der Waals surface area contributed by atoms with Crippen LogP contribution < -0.4 is 0 Å². The summed E-state index contributed by atoms with van der Waals surface area (Å²) < 4.78 is 84.3. The van der Waals surface area contributed by atoms with Gasteiger partial charge in [-0.1, -0.05) is 32.1 Å². The van der Waals surface area contributed by atoms with E-state index in [9.17, 15) is 35.9 Å². The molecule has 27 heavy (non-hydrogen) atoms. The molecule has 0 heterocycles. The summed E-state index contributed by atoms with van der Waals surface area (Å²) in [4.78, 5) is 21.4. The monoisotopic (exact) mass is 408 g/mol. The number of alkyl halides is 6. The van der Waals surface area contributed by atoms with Crippen molar-refractivity contribution in [3.05, 3.63) is 0 Å². The minimum atomic E-state index is -4.59. The number of halogens is 6. The highest BCUT2D eigenvalue weighted by Crippen LogP contribution is 2.28. The van der Waals surface area contributed by atoms with Crippen molar-refractivity contribution in [3.8, 4) is 0 Å². The molecular formula is C17H26F6O4. The van der Waals surface area contributed by atoms with E-state index in [0.29, 0.717) is 32.1 Å². The van der Waals surface area contributed by atoms with E-state index in [1.165, 1.54) is 0 Å². The summed E-state index contributed by atoms with van der Waals surface area (Å²) in [5, 5.41) is 0. The SMILES string of the molecule is CC(=O)O[C@H](CCCCCCCCC[C@@H](OC(C)=O)C(F)(F)F)C(F)(F)F. The fraction of sp³-hybridized carbons (Fsp3) is 0.882. The molecule has 0 bridgehead atoms. The summed E-state index contributed by atoms with van der Waals surface area (Å²) in [5.74, 6) is -1.97. The van der Waals surface area contributed by atoms with E-state index >= 15 is 0 Å². The fourth-order valence-electron chi connectivity index (χ4n) is 2.52. The summed E-state index contributed by atoms with van der Waals surface area (Å²) in [7, 11) is 0.